The Bertz CT molecular complexity index is 591. The molecule has 3 heteroatoms. The molecule has 1 aromatic rings. The van der Waals surface area contributed by atoms with Gasteiger partial charge in [0, 0.05) is 25.7 Å². The van der Waals surface area contributed by atoms with E-state index in [9.17, 15) is 4.79 Å². The number of rotatable bonds is 6. The van der Waals surface area contributed by atoms with Crippen LogP contribution in [0.1, 0.15) is 36.0 Å². The molecule has 124 valence electrons. The minimum atomic E-state index is 0.0508. The molecular weight excluding hydrogens is 284 g/mol. The highest BCUT2D eigenvalue weighted by molar-refractivity contribution is 5.87. The number of hydrogen-bond acceptors (Lipinski definition) is 2. The minimum Gasteiger partial charge on any atom is -0.335 e. The first-order chi connectivity index (χ1) is 11.1. The molecule has 1 atom stereocenters. The summed E-state index contributed by atoms with van der Waals surface area (Å²) >= 11 is 0. The van der Waals surface area contributed by atoms with Gasteiger partial charge >= 0.3 is 0 Å². The van der Waals surface area contributed by atoms with E-state index in [0.29, 0.717) is 12.5 Å². The first kappa shape index (κ1) is 16.3. The number of carbonyl (C=O) groups is 1. The highest BCUT2D eigenvalue weighted by Gasteiger charge is 2.35. The Kier molecular flexibility index (Phi) is 4.86. The molecule has 2 aliphatic rings. The summed E-state index contributed by atoms with van der Waals surface area (Å²) in [6.07, 6.45) is 5.40. The normalized spacial score (nSPS) is 21.4. The van der Waals surface area contributed by atoms with E-state index < -0.39 is 0 Å². The van der Waals surface area contributed by atoms with Crippen molar-refractivity contribution in [2.45, 2.75) is 45.7 Å². The second-order valence-electron chi connectivity index (χ2n) is 7.23. The van der Waals surface area contributed by atoms with Gasteiger partial charge in [0.2, 0.25) is 5.91 Å². The Balaban J connectivity index is 1.65. The maximum atomic E-state index is 12.3. The highest BCUT2D eigenvalue weighted by atomic mass is 16.2. The zero-order chi connectivity index (χ0) is 16.4. The Morgan fingerprint density at radius 3 is 2.78 bits per heavy atom. The van der Waals surface area contributed by atoms with Crippen molar-refractivity contribution in [3.05, 3.63) is 47.5 Å². The summed E-state index contributed by atoms with van der Waals surface area (Å²) in [6.45, 7) is 11.8. The fraction of sp³-hybridized carbons (Fsp3) is 0.550. The van der Waals surface area contributed by atoms with Gasteiger partial charge in [-0.05, 0) is 62.8 Å². The van der Waals surface area contributed by atoms with Gasteiger partial charge < -0.3 is 9.80 Å². The molecule has 1 saturated heterocycles. The third-order valence-corrected chi connectivity index (χ3v) is 5.20. The molecule has 0 spiro atoms. The monoisotopic (exact) mass is 312 g/mol. The standard InChI is InChI=1S/C20H28N2O/c1-4-20(23)22(14-18-6-5-15(2)11-16(18)3)13-17-9-10-21(12-17)19-7-8-19/h4-6,11,17,19H,1,7-10,12-14H2,2-3H3. The summed E-state index contributed by atoms with van der Waals surface area (Å²) in [7, 11) is 0. The Morgan fingerprint density at radius 1 is 1.35 bits per heavy atom. The molecule has 23 heavy (non-hydrogen) atoms. The largest absolute Gasteiger partial charge is 0.335 e. The highest BCUT2D eigenvalue weighted by Crippen LogP contribution is 2.32. The van der Waals surface area contributed by atoms with E-state index in [-0.39, 0.29) is 5.91 Å². The molecule has 1 heterocycles. The van der Waals surface area contributed by atoms with E-state index >= 15 is 0 Å². The van der Waals surface area contributed by atoms with Crippen LogP contribution in [0.15, 0.2) is 30.9 Å². The van der Waals surface area contributed by atoms with Crippen molar-refractivity contribution < 1.29 is 4.79 Å². The summed E-state index contributed by atoms with van der Waals surface area (Å²) in [6, 6.07) is 7.31. The van der Waals surface area contributed by atoms with Gasteiger partial charge in [0.25, 0.3) is 0 Å². The number of amides is 1. The van der Waals surface area contributed by atoms with Crippen molar-refractivity contribution in [1.82, 2.24) is 9.80 Å². The fourth-order valence-corrected chi connectivity index (χ4v) is 3.69. The van der Waals surface area contributed by atoms with Crippen LogP contribution in [-0.2, 0) is 11.3 Å². The molecule has 0 aromatic heterocycles. The lowest BCUT2D eigenvalue weighted by Crippen LogP contribution is -2.35. The van der Waals surface area contributed by atoms with Crippen LogP contribution in [-0.4, -0.2) is 41.4 Å². The minimum absolute atomic E-state index is 0.0508. The molecule has 3 rings (SSSR count). The zero-order valence-electron chi connectivity index (χ0n) is 14.4. The number of carbonyl (C=O) groups excluding carboxylic acids is 1. The van der Waals surface area contributed by atoms with Crippen molar-refractivity contribution in [3.63, 3.8) is 0 Å². The van der Waals surface area contributed by atoms with Gasteiger partial charge in [0.1, 0.15) is 0 Å². The van der Waals surface area contributed by atoms with Crippen LogP contribution in [0.5, 0.6) is 0 Å². The van der Waals surface area contributed by atoms with Crippen LogP contribution in [0.3, 0.4) is 0 Å². The molecular formula is C20H28N2O. The number of benzene rings is 1. The average Bonchev–Trinajstić information content (AvgIpc) is 3.28. The van der Waals surface area contributed by atoms with Gasteiger partial charge in [-0.3, -0.25) is 4.79 Å². The number of likely N-dealkylation sites (tertiary alicyclic amines) is 1. The summed E-state index contributed by atoms with van der Waals surface area (Å²) < 4.78 is 0. The summed E-state index contributed by atoms with van der Waals surface area (Å²) in [4.78, 5) is 16.9. The van der Waals surface area contributed by atoms with E-state index in [0.717, 1.165) is 19.1 Å². The molecule has 2 fully saturated rings. The van der Waals surface area contributed by atoms with Crippen molar-refractivity contribution in [1.29, 1.82) is 0 Å². The predicted molar refractivity (Wildman–Crippen MR) is 94.2 cm³/mol. The van der Waals surface area contributed by atoms with Gasteiger partial charge in [-0.1, -0.05) is 30.3 Å². The number of aryl methyl sites for hydroxylation is 2. The quantitative estimate of drug-likeness (QED) is 0.753. The zero-order valence-corrected chi connectivity index (χ0v) is 14.4. The van der Waals surface area contributed by atoms with Crippen LogP contribution in [0.4, 0.5) is 0 Å². The van der Waals surface area contributed by atoms with Gasteiger partial charge in [0.05, 0.1) is 0 Å². The SMILES string of the molecule is C=CC(=O)N(Cc1ccc(C)cc1C)CC1CCN(C2CC2)C1. The molecule has 1 unspecified atom stereocenters. The van der Waals surface area contributed by atoms with Crippen molar-refractivity contribution in [2.24, 2.45) is 5.92 Å². The first-order valence-electron chi connectivity index (χ1n) is 8.78. The topological polar surface area (TPSA) is 23.6 Å². The number of nitrogens with zero attached hydrogens (tertiary/aromatic N) is 2. The van der Waals surface area contributed by atoms with Crippen LogP contribution >= 0.6 is 0 Å². The van der Waals surface area contributed by atoms with Gasteiger partial charge in [0.15, 0.2) is 0 Å². The molecule has 0 bridgehead atoms. The van der Waals surface area contributed by atoms with E-state index in [1.54, 1.807) is 0 Å². The summed E-state index contributed by atoms with van der Waals surface area (Å²) in [5.41, 5.74) is 3.77. The molecule has 1 amide bonds. The molecule has 1 aromatic carbocycles. The first-order valence-corrected chi connectivity index (χ1v) is 8.78. The van der Waals surface area contributed by atoms with Crippen LogP contribution < -0.4 is 0 Å². The van der Waals surface area contributed by atoms with E-state index in [1.807, 2.05) is 4.90 Å². The summed E-state index contributed by atoms with van der Waals surface area (Å²) in [5, 5.41) is 0. The van der Waals surface area contributed by atoms with Crippen molar-refractivity contribution >= 4 is 5.91 Å². The second kappa shape index (κ2) is 6.88. The molecule has 0 radical (unpaired) electrons. The lowest BCUT2D eigenvalue weighted by molar-refractivity contribution is -0.127. The van der Waals surface area contributed by atoms with E-state index in [2.05, 4.69) is 43.5 Å². The summed E-state index contributed by atoms with van der Waals surface area (Å²) in [5.74, 6) is 0.653. The second-order valence-corrected chi connectivity index (χ2v) is 7.23. The smallest absolute Gasteiger partial charge is 0.246 e. The molecule has 1 aliphatic carbocycles. The maximum absolute atomic E-state index is 12.3. The predicted octanol–water partition coefficient (Wildman–Crippen LogP) is 3.30. The van der Waals surface area contributed by atoms with E-state index in [1.165, 1.54) is 48.6 Å². The lowest BCUT2D eigenvalue weighted by Gasteiger charge is -2.26. The Hall–Kier alpha value is -1.61. The maximum Gasteiger partial charge on any atom is 0.246 e. The third-order valence-electron chi connectivity index (χ3n) is 5.20. The van der Waals surface area contributed by atoms with Crippen LogP contribution in [0, 0.1) is 19.8 Å². The van der Waals surface area contributed by atoms with Crippen LogP contribution in [0.25, 0.3) is 0 Å². The third kappa shape index (κ3) is 4.03. The number of hydrogen-bond donors (Lipinski definition) is 0. The lowest BCUT2D eigenvalue weighted by atomic mass is 10.0. The van der Waals surface area contributed by atoms with Gasteiger partial charge in [-0.25, -0.2) is 0 Å². The average molecular weight is 312 g/mol. The molecule has 3 nitrogen and oxygen atoms in total. The van der Waals surface area contributed by atoms with E-state index in [4.69, 9.17) is 0 Å². The molecule has 1 saturated carbocycles. The molecule has 0 N–H and O–H groups in total. The Labute approximate surface area is 140 Å². The van der Waals surface area contributed by atoms with Crippen molar-refractivity contribution in [3.8, 4) is 0 Å². The molecule has 1 aliphatic heterocycles. The van der Waals surface area contributed by atoms with Gasteiger partial charge in [-0.15, -0.1) is 0 Å². The van der Waals surface area contributed by atoms with Crippen molar-refractivity contribution in [2.75, 3.05) is 19.6 Å². The Morgan fingerprint density at radius 2 is 2.13 bits per heavy atom. The fourth-order valence-electron chi connectivity index (χ4n) is 3.69. The van der Waals surface area contributed by atoms with Crippen LogP contribution in [0.2, 0.25) is 0 Å². The van der Waals surface area contributed by atoms with Gasteiger partial charge in [-0.2, -0.15) is 0 Å².